The molecule has 1 saturated heterocycles. The zero-order valence-electron chi connectivity index (χ0n) is 26.5. The van der Waals surface area contributed by atoms with Crippen LogP contribution in [-0.2, 0) is 38.5 Å². The lowest BCUT2D eigenvalue weighted by molar-refractivity contribution is -0.139. The van der Waals surface area contributed by atoms with Crippen molar-refractivity contribution in [2.24, 2.45) is 0 Å². The maximum Gasteiger partial charge on any atom is 0.309 e. The van der Waals surface area contributed by atoms with Gasteiger partial charge in [-0.3, -0.25) is 19.3 Å². The molecule has 43 heavy (non-hydrogen) atoms. The quantitative estimate of drug-likeness (QED) is 0.249. The van der Waals surface area contributed by atoms with Crippen LogP contribution < -0.4 is 11.1 Å². The SMILES string of the molecule is CCCCCNc1nc(N)nc(C)c1CC(CN(Cc1cccc(CC(=O)OC)c1)C(C)=O)N1CCCN(C(C)=O)CC1. The van der Waals surface area contributed by atoms with Crippen molar-refractivity contribution in [1.82, 2.24) is 24.7 Å². The number of esters is 1. The predicted molar refractivity (Wildman–Crippen MR) is 168 cm³/mol. The van der Waals surface area contributed by atoms with E-state index in [0.29, 0.717) is 32.6 Å². The van der Waals surface area contributed by atoms with Crippen LogP contribution in [0, 0.1) is 6.92 Å². The van der Waals surface area contributed by atoms with Crippen LogP contribution in [0.25, 0.3) is 0 Å². The summed E-state index contributed by atoms with van der Waals surface area (Å²) in [5.41, 5.74) is 9.66. The summed E-state index contributed by atoms with van der Waals surface area (Å²) in [6.45, 7) is 11.9. The van der Waals surface area contributed by atoms with Gasteiger partial charge in [-0.15, -0.1) is 0 Å². The number of hydrogen-bond donors (Lipinski definition) is 2. The standard InChI is InChI=1S/C32H49N7O4/c1-6-7-8-13-34-31-29(23(2)35-32(33)36-31)20-28(38-15-10-14-37(16-17-38)24(3)40)22-39(25(4)41)21-27-12-9-11-26(18-27)19-30(42)43-5/h9,11-12,18,28H,6-8,10,13-17,19-22H2,1-5H3,(H3,33,34,35,36). The zero-order chi connectivity index (χ0) is 31.4. The van der Waals surface area contributed by atoms with E-state index in [1.165, 1.54) is 7.11 Å². The number of nitrogens with two attached hydrogens (primary N) is 1. The largest absolute Gasteiger partial charge is 0.469 e. The molecule has 0 aliphatic carbocycles. The van der Waals surface area contributed by atoms with Crippen LogP contribution >= 0.6 is 0 Å². The van der Waals surface area contributed by atoms with Crippen LogP contribution in [0.15, 0.2) is 24.3 Å². The lowest BCUT2D eigenvalue weighted by Crippen LogP contribution is -2.48. The number of amides is 2. The minimum Gasteiger partial charge on any atom is -0.469 e. The van der Waals surface area contributed by atoms with E-state index in [1.807, 2.05) is 41.0 Å². The Labute approximate surface area is 256 Å². The molecule has 1 aliphatic heterocycles. The number of aryl methyl sites for hydroxylation is 1. The monoisotopic (exact) mass is 595 g/mol. The molecule has 1 fully saturated rings. The summed E-state index contributed by atoms with van der Waals surface area (Å²) in [7, 11) is 1.38. The number of benzene rings is 1. The number of nitrogen functional groups attached to an aromatic ring is 1. The fraction of sp³-hybridized carbons (Fsp3) is 0.594. The minimum absolute atomic E-state index is 0.0354. The summed E-state index contributed by atoms with van der Waals surface area (Å²) in [4.78, 5) is 52.3. The maximum atomic E-state index is 13.0. The second-order valence-corrected chi connectivity index (χ2v) is 11.4. The lowest BCUT2D eigenvalue weighted by Gasteiger charge is -2.35. The highest BCUT2D eigenvalue weighted by atomic mass is 16.5. The third kappa shape index (κ3) is 10.5. The smallest absolute Gasteiger partial charge is 0.309 e. The second-order valence-electron chi connectivity index (χ2n) is 11.4. The Bertz CT molecular complexity index is 1240. The molecule has 3 rings (SSSR count). The molecule has 11 nitrogen and oxygen atoms in total. The number of anilines is 2. The fourth-order valence-corrected chi connectivity index (χ4v) is 5.61. The Balaban J connectivity index is 1.91. The Morgan fingerprint density at radius 1 is 1.09 bits per heavy atom. The number of carbonyl (C=O) groups excluding carboxylic acids is 3. The second kappa shape index (κ2) is 16.8. The Kier molecular flexibility index (Phi) is 13.2. The third-order valence-corrected chi connectivity index (χ3v) is 8.05. The summed E-state index contributed by atoms with van der Waals surface area (Å²) in [6.07, 6.45) is 4.93. The van der Waals surface area contributed by atoms with Crippen LogP contribution in [-0.4, -0.2) is 94.9 Å². The first-order valence-corrected chi connectivity index (χ1v) is 15.4. The molecule has 0 radical (unpaired) electrons. The maximum absolute atomic E-state index is 13.0. The van der Waals surface area contributed by atoms with E-state index >= 15 is 0 Å². The number of methoxy groups -OCH3 is 1. The molecule has 1 aromatic heterocycles. The highest BCUT2D eigenvalue weighted by Gasteiger charge is 2.28. The molecular weight excluding hydrogens is 546 g/mol. The molecule has 2 aromatic rings. The van der Waals surface area contributed by atoms with Gasteiger partial charge in [0.15, 0.2) is 0 Å². The highest BCUT2D eigenvalue weighted by molar-refractivity contribution is 5.74. The van der Waals surface area contributed by atoms with Gasteiger partial charge in [0, 0.05) is 77.0 Å². The van der Waals surface area contributed by atoms with Gasteiger partial charge in [-0.05, 0) is 37.3 Å². The number of ether oxygens (including phenoxy) is 1. The van der Waals surface area contributed by atoms with Gasteiger partial charge in [-0.1, -0.05) is 44.0 Å². The van der Waals surface area contributed by atoms with Gasteiger partial charge in [-0.25, -0.2) is 4.98 Å². The lowest BCUT2D eigenvalue weighted by atomic mass is 10.0. The van der Waals surface area contributed by atoms with Crippen molar-refractivity contribution in [3.63, 3.8) is 0 Å². The van der Waals surface area contributed by atoms with E-state index in [1.54, 1.807) is 13.8 Å². The van der Waals surface area contributed by atoms with Crippen molar-refractivity contribution in [1.29, 1.82) is 0 Å². The van der Waals surface area contributed by atoms with Crippen LogP contribution in [0.3, 0.4) is 0 Å². The predicted octanol–water partition coefficient (Wildman–Crippen LogP) is 3.20. The molecule has 1 atom stereocenters. The van der Waals surface area contributed by atoms with Gasteiger partial charge < -0.3 is 25.6 Å². The summed E-state index contributed by atoms with van der Waals surface area (Å²) in [5.74, 6) is 0.723. The molecule has 0 saturated carbocycles. The molecule has 1 aromatic carbocycles. The van der Waals surface area contributed by atoms with Crippen LogP contribution in [0.2, 0.25) is 0 Å². The van der Waals surface area contributed by atoms with E-state index in [2.05, 4.69) is 27.1 Å². The fourth-order valence-electron chi connectivity index (χ4n) is 5.61. The summed E-state index contributed by atoms with van der Waals surface area (Å²) < 4.78 is 4.83. The Morgan fingerprint density at radius 2 is 1.86 bits per heavy atom. The zero-order valence-corrected chi connectivity index (χ0v) is 26.5. The average molecular weight is 596 g/mol. The summed E-state index contributed by atoms with van der Waals surface area (Å²) >= 11 is 0. The molecule has 1 aliphatic rings. The molecule has 0 bridgehead atoms. The summed E-state index contributed by atoms with van der Waals surface area (Å²) in [6, 6.07) is 7.67. The molecular formula is C32H49N7O4. The Hall–Kier alpha value is -3.73. The summed E-state index contributed by atoms with van der Waals surface area (Å²) in [5, 5.41) is 3.49. The number of carbonyl (C=O) groups is 3. The number of nitrogens with one attached hydrogen (secondary N) is 1. The number of unbranched alkanes of at least 4 members (excludes halogenated alkanes) is 2. The molecule has 1 unspecified atom stereocenters. The van der Waals surface area contributed by atoms with E-state index in [0.717, 1.165) is 73.5 Å². The first-order chi connectivity index (χ1) is 20.6. The first kappa shape index (κ1) is 33.8. The third-order valence-electron chi connectivity index (χ3n) is 8.05. The van der Waals surface area contributed by atoms with Crippen LogP contribution in [0.1, 0.15) is 68.8 Å². The van der Waals surface area contributed by atoms with Gasteiger partial charge >= 0.3 is 5.97 Å². The molecule has 0 spiro atoms. The van der Waals surface area contributed by atoms with Gasteiger partial charge in [0.1, 0.15) is 5.82 Å². The van der Waals surface area contributed by atoms with Gasteiger partial charge in [0.25, 0.3) is 0 Å². The first-order valence-electron chi connectivity index (χ1n) is 15.4. The van der Waals surface area contributed by atoms with Crippen molar-refractivity contribution in [2.75, 3.05) is 57.4 Å². The average Bonchev–Trinajstić information content (AvgIpc) is 3.22. The minimum atomic E-state index is -0.304. The Morgan fingerprint density at radius 3 is 2.56 bits per heavy atom. The molecule has 11 heteroatoms. The van der Waals surface area contributed by atoms with E-state index in [-0.39, 0.29) is 36.2 Å². The number of rotatable bonds is 14. The van der Waals surface area contributed by atoms with Gasteiger partial charge in [0.05, 0.1) is 13.5 Å². The van der Waals surface area contributed by atoms with Crippen molar-refractivity contribution in [3.8, 4) is 0 Å². The highest BCUT2D eigenvalue weighted by Crippen LogP contribution is 2.23. The van der Waals surface area contributed by atoms with Crippen molar-refractivity contribution >= 4 is 29.5 Å². The van der Waals surface area contributed by atoms with E-state index in [9.17, 15) is 14.4 Å². The molecule has 3 N–H and O–H groups in total. The van der Waals surface area contributed by atoms with Gasteiger partial charge in [0.2, 0.25) is 17.8 Å². The normalized spacial score (nSPS) is 14.6. The van der Waals surface area contributed by atoms with Crippen molar-refractivity contribution < 1.29 is 19.1 Å². The van der Waals surface area contributed by atoms with Crippen LogP contribution in [0.5, 0.6) is 0 Å². The topological polar surface area (TPSA) is 134 Å². The van der Waals surface area contributed by atoms with Crippen LogP contribution in [0.4, 0.5) is 11.8 Å². The van der Waals surface area contributed by atoms with Crippen molar-refractivity contribution in [3.05, 3.63) is 46.6 Å². The molecule has 2 heterocycles. The number of nitrogens with zero attached hydrogens (tertiary/aromatic N) is 5. The molecule has 2 amide bonds. The van der Waals surface area contributed by atoms with E-state index < -0.39 is 0 Å². The molecule has 236 valence electrons. The van der Waals surface area contributed by atoms with E-state index in [4.69, 9.17) is 10.5 Å². The number of aromatic nitrogens is 2. The number of hydrogen-bond acceptors (Lipinski definition) is 9. The van der Waals surface area contributed by atoms with Crippen molar-refractivity contribution in [2.45, 2.75) is 78.8 Å². The van der Waals surface area contributed by atoms with Gasteiger partial charge in [-0.2, -0.15) is 4.98 Å².